The number of unbranched alkanes of at least 4 members (excludes halogenated alkanes) is 47. The first-order valence-electron chi connectivity index (χ1n) is 36.7. The van der Waals surface area contributed by atoms with Gasteiger partial charge < -0.3 is 28.8 Å². The number of hydrogen-bond acceptors (Lipinski definition) is 6. The van der Waals surface area contributed by atoms with Crippen molar-refractivity contribution in [1.82, 2.24) is 5.32 Å². The van der Waals surface area contributed by atoms with Crippen molar-refractivity contribution < 1.29 is 32.9 Å². The highest BCUT2D eigenvalue weighted by atomic mass is 31.2. The van der Waals surface area contributed by atoms with Crippen molar-refractivity contribution in [3.8, 4) is 0 Å². The lowest BCUT2D eigenvalue weighted by Crippen LogP contribution is -2.45. The van der Waals surface area contributed by atoms with Crippen LogP contribution in [0.4, 0.5) is 0 Å². The van der Waals surface area contributed by atoms with Crippen molar-refractivity contribution in [2.24, 2.45) is 0 Å². The topological polar surface area (TPSA) is 108 Å². The summed E-state index contributed by atoms with van der Waals surface area (Å²) in [6.07, 6.45) is 90.8. The number of hydrogen-bond donors (Lipinski definition) is 2. The van der Waals surface area contributed by atoms with Crippen LogP contribution in [0.25, 0.3) is 0 Å². The second kappa shape index (κ2) is 65.6. The van der Waals surface area contributed by atoms with Crippen LogP contribution >= 0.6 is 7.82 Å². The van der Waals surface area contributed by atoms with Crippen molar-refractivity contribution in [2.45, 2.75) is 373 Å². The summed E-state index contributed by atoms with van der Waals surface area (Å²) >= 11 is 0. The number of rotatable bonds is 68. The van der Waals surface area contributed by atoms with Gasteiger partial charge in [-0.25, -0.2) is 0 Å². The van der Waals surface area contributed by atoms with Crippen molar-refractivity contribution in [3.05, 3.63) is 60.8 Å². The number of aliphatic hydroxyl groups excluding tert-OH is 1. The molecule has 0 aromatic heterocycles. The highest BCUT2D eigenvalue weighted by Crippen LogP contribution is 2.38. The van der Waals surface area contributed by atoms with E-state index in [-0.39, 0.29) is 12.5 Å². The van der Waals surface area contributed by atoms with Gasteiger partial charge in [0.1, 0.15) is 13.2 Å². The molecule has 0 aliphatic carbocycles. The van der Waals surface area contributed by atoms with Crippen molar-refractivity contribution >= 4 is 13.7 Å². The summed E-state index contributed by atoms with van der Waals surface area (Å²) in [5, 5.41) is 13.9. The molecule has 3 unspecified atom stereocenters. The number of carbonyl (C=O) groups is 1. The van der Waals surface area contributed by atoms with Crippen molar-refractivity contribution in [2.75, 3.05) is 40.9 Å². The molecular weight excluding hydrogens is 1060 g/mol. The van der Waals surface area contributed by atoms with Crippen LogP contribution in [0.1, 0.15) is 361 Å². The largest absolute Gasteiger partial charge is 0.756 e. The predicted molar refractivity (Wildman–Crippen MR) is 367 cm³/mol. The van der Waals surface area contributed by atoms with Crippen molar-refractivity contribution in [3.63, 3.8) is 0 Å². The van der Waals surface area contributed by atoms with Crippen LogP contribution in [0.15, 0.2) is 60.8 Å². The van der Waals surface area contributed by atoms with E-state index in [0.29, 0.717) is 17.4 Å². The Morgan fingerprint density at radius 3 is 1.04 bits per heavy atom. The summed E-state index contributed by atoms with van der Waals surface area (Å²) in [5.41, 5.74) is 0. The number of allylic oxidation sites excluding steroid dienone is 9. The first kappa shape index (κ1) is 82.2. The number of nitrogens with one attached hydrogen (secondary N) is 1. The zero-order chi connectivity index (χ0) is 61.2. The molecular formula is C75H143N2O6P. The molecule has 0 bridgehead atoms. The van der Waals surface area contributed by atoms with Gasteiger partial charge >= 0.3 is 0 Å². The second-order valence-corrected chi connectivity index (χ2v) is 27.7. The third kappa shape index (κ3) is 67.7. The molecule has 8 nitrogen and oxygen atoms in total. The molecule has 2 N–H and O–H groups in total. The van der Waals surface area contributed by atoms with Gasteiger partial charge in [-0.05, 0) is 77.0 Å². The molecule has 0 aromatic rings. The molecule has 0 saturated carbocycles. The summed E-state index contributed by atoms with van der Waals surface area (Å²) in [4.78, 5) is 25.6. The summed E-state index contributed by atoms with van der Waals surface area (Å²) in [7, 11) is 1.25. The van der Waals surface area contributed by atoms with E-state index in [9.17, 15) is 19.4 Å². The lowest BCUT2D eigenvalue weighted by atomic mass is 10.0. The zero-order valence-corrected chi connectivity index (χ0v) is 57.5. The summed E-state index contributed by atoms with van der Waals surface area (Å²) in [6, 6.07) is -0.912. The molecule has 494 valence electrons. The maximum atomic E-state index is 13.0. The molecule has 3 atom stereocenters. The first-order valence-corrected chi connectivity index (χ1v) is 38.1. The van der Waals surface area contributed by atoms with Crippen LogP contribution in [0.2, 0.25) is 0 Å². The average Bonchev–Trinajstić information content (AvgIpc) is 3.56. The Hall–Kier alpha value is -1.80. The standard InChI is InChI=1S/C75H143N2O6P/c1-6-8-10-12-14-16-18-20-22-24-26-28-30-32-34-35-36-37-38-39-40-41-43-45-47-49-51-53-55-57-59-61-63-65-67-69-75(79)76-73(72-83-84(80,81)82-71-70-77(3,4)5)74(78)68-66-64-62-60-58-56-54-52-50-48-46-44-42-33-31-29-27-25-23-21-19-17-15-13-11-9-7-2/h18,20,24,26,50,52,58,60,66,68,73-74,78H,6-17,19,21-23,25,27-49,51,53-57,59,61-65,67,69-72H2,1-5H3,(H-,76,79,80,81)/b20-18-,26-24-,52-50+,60-58+,68-66+. The van der Waals surface area contributed by atoms with Gasteiger partial charge in [0.25, 0.3) is 7.82 Å². The average molecular weight is 1200 g/mol. The number of nitrogens with zero attached hydrogens (tertiary/aromatic N) is 1. The Balaban J connectivity index is 4.05. The van der Waals surface area contributed by atoms with Gasteiger partial charge in [0, 0.05) is 6.42 Å². The Morgan fingerprint density at radius 2 is 0.702 bits per heavy atom. The minimum absolute atomic E-state index is 0.00857. The number of quaternary nitrogens is 1. The highest BCUT2D eigenvalue weighted by Gasteiger charge is 2.23. The van der Waals surface area contributed by atoms with Gasteiger partial charge in [-0.2, -0.15) is 0 Å². The molecule has 84 heavy (non-hydrogen) atoms. The van der Waals surface area contributed by atoms with Gasteiger partial charge in [0.15, 0.2) is 0 Å². The quantitative estimate of drug-likeness (QED) is 0.0272. The maximum Gasteiger partial charge on any atom is 0.268 e. The molecule has 0 radical (unpaired) electrons. The van der Waals surface area contributed by atoms with E-state index in [1.54, 1.807) is 6.08 Å². The minimum atomic E-state index is -4.62. The number of phosphoric ester groups is 1. The molecule has 1 amide bonds. The number of likely N-dealkylation sites (N-methyl/N-ethyl adjacent to an activating group) is 1. The smallest absolute Gasteiger partial charge is 0.268 e. The molecule has 9 heteroatoms. The Labute approximate surface area is 523 Å². The molecule has 0 aliphatic rings. The van der Waals surface area contributed by atoms with E-state index < -0.39 is 26.6 Å². The molecule has 0 spiro atoms. The molecule has 0 fully saturated rings. The monoisotopic (exact) mass is 1200 g/mol. The molecule has 0 rings (SSSR count). The summed E-state index contributed by atoms with van der Waals surface area (Å²) in [5.74, 6) is -0.205. The molecule has 0 aromatic carbocycles. The van der Waals surface area contributed by atoms with Crippen LogP contribution in [-0.4, -0.2) is 68.5 Å². The minimum Gasteiger partial charge on any atom is -0.756 e. The number of amides is 1. The van der Waals surface area contributed by atoms with Crippen LogP contribution in [0, 0.1) is 0 Å². The fraction of sp³-hybridized carbons (Fsp3) is 0.853. The Morgan fingerprint density at radius 1 is 0.417 bits per heavy atom. The number of carbonyl (C=O) groups excluding carboxylic acids is 1. The van der Waals surface area contributed by atoms with E-state index >= 15 is 0 Å². The van der Waals surface area contributed by atoms with Gasteiger partial charge in [-0.15, -0.1) is 0 Å². The van der Waals surface area contributed by atoms with E-state index in [2.05, 4.69) is 67.8 Å². The van der Waals surface area contributed by atoms with Crippen LogP contribution in [0.5, 0.6) is 0 Å². The lowest BCUT2D eigenvalue weighted by Gasteiger charge is -2.29. The fourth-order valence-corrected chi connectivity index (χ4v) is 11.7. The SMILES string of the molecule is CCCCCCC/C=C\C/C=C\CCCCCCCCCCCCCCCCCCCCCCCCCC(=O)NC(COP(=O)([O-])OCC[N+](C)(C)C)C(O)/C=C/CC/C=C/CC/C=C/CCCCCCCCCCCCCCCCCCC. The first-order chi connectivity index (χ1) is 41.0. The zero-order valence-electron chi connectivity index (χ0n) is 56.6. The van der Waals surface area contributed by atoms with E-state index in [1.807, 2.05) is 27.2 Å². The van der Waals surface area contributed by atoms with E-state index in [4.69, 9.17) is 9.05 Å². The molecule has 0 aliphatic heterocycles. The van der Waals surface area contributed by atoms with Gasteiger partial charge in [0.05, 0.1) is 39.9 Å². The molecule has 0 heterocycles. The predicted octanol–water partition coefficient (Wildman–Crippen LogP) is 22.9. The molecule has 0 saturated heterocycles. The number of aliphatic hydroxyl groups is 1. The van der Waals surface area contributed by atoms with Gasteiger partial charge in [0.2, 0.25) is 5.91 Å². The Bertz CT molecular complexity index is 1550. The van der Waals surface area contributed by atoms with E-state index in [1.165, 1.54) is 289 Å². The van der Waals surface area contributed by atoms with Crippen molar-refractivity contribution in [1.29, 1.82) is 0 Å². The van der Waals surface area contributed by atoms with Gasteiger partial charge in [-0.1, -0.05) is 338 Å². The summed E-state index contributed by atoms with van der Waals surface area (Å²) in [6.45, 7) is 4.66. The third-order valence-electron chi connectivity index (χ3n) is 16.7. The van der Waals surface area contributed by atoms with E-state index in [0.717, 1.165) is 51.4 Å². The third-order valence-corrected chi connectivity index (χ3v) is 17.6. The highest BCUT2D eigenvalue weighted by molar-refractivity contribution is 7.45. The fourth-order valence-electron chi connectivity index (χ4n) is 11.0. The second-order valence-electron chi connectivity index (χ2n) is 26.3. The van der Waals surface area contributed by atoms with Crippen LogP contribution in [0.3, 0.4) is 0 Å². The lowest BCUT2D eigenvalue weighted by molar-refractivity contribution is -0.870. The van der Waals surface area contributed by atoms with Crippen LogP contribution in [-0.2, 0) is 18.4 Å². The van der Waals surface area contributed by atoms with Gasteiger partial charge in [-0.3, -0.25) is 9.36 Å². The van der Waals surface area contributed by atoms with Crippen LogP contribution < -0.4 is 10.2 Å². The number of phosphoric acid groups is 1. The maximum absolute atomic E-state index is 13.0. The summed E-state index contributed by atoms with van der Waals surface area (Å²) < 4.78 is 23.4. The Kier molecular flexibility index (Phi) is 64.2. The normalized spacial score (nSPS) is 13.9.